The maximum atomic E-state index is 12.8. The molecule has 2 aromatic carbocycles. The molecule has 1 amide bonds. The molecule has 2 N–H and O–H groups in total. The van der Waals surface area contributed by atoms with E-state index in [1.807, 2.05) is 36.5 Å². The second-order valence-electron chi connectivity index (χ2n) is 11.2. The number of carbonyl (C=O) groups is 1. The minimum Gasteiger partial charge on any atom is -0.348 e. The monoisotopic (exact) mass is 627 g/mol. The average molecular weight is 629 g/mol. The average Bonchev–Trinajstić information content (AvgIpc) is 3.36. The van der Waals surface area contributed by atoms with E-state index in [2.05, 4.69) is 62.5 Å². The molecule has 0 spiro atoms. The minimum atomic E-state index is -0.328. The normalized spacial score (nSPS) is 14.6. The smallest absolute Gasteiger partial charge is 0.254 e. The van der Waals surface area contributed by atoms with Crippen LogP contribution >= 0.6 is 23.2 Å². The van der Waals surface area contributed by atoms with Crippen LogP contribution in [0.4, 0.5) is 0 Å². The fourth-order valence-electron chi connectivity index (χ4n) is 6.03. The second kappa shape index (κ2) is 13.9. The maximum Gasteiger partial charge on any atom is 0.254 e. The van der Waals surface area contributed by atoms with Crippen molar-refractivity contribution in [3.05, 3.63) is 123 Å². The Balaban J connectivity index is 1.15. The molecule has 3 heterocycles. The first-order valence-electron chi connectivity index (χ1n) is 14.9. The molecule has 5 aromatic rings. The van der Waals surface area contributed by atoms with Crippen molar-refractivity contribution in [1.29, 1.82) is 0 Å². The first-order valence-corrected chi connectivity index (χ1v) is 15.7. The van der Waals surface area contributed by atoms with Crippen LogP contribution in [0.15, 0.2) is 79.3 Å². The van der Waals surface area contributed by atoms with Crippen molar-refractivity contribution in [2.75, 3.05) is 13.1 Å². The lowest BCUT2D eigenvalue weighted by Gasteiger charge is -2.35. The number of fused-ring (bicyclic) bond motifs is 2. The first kappa shape index (κ1) is 30.2. The summed E-state index contributed by atoms with van der Waals surface area (Å²) in [7, 11) is 2.07. The maximum absolute atomic E-state index is 12.8. The van der Waals surface area contributed by atoms with Crippen LogP contribution in [-0.4, -0.2) is 43.4 Å². The van der Waals surface area contributed by atoms with Gasteiger partial charge < -0.3 is 15.2 Å². The Bertz CT molecular complexity index is 1750. The van der Waals surface area contributed by atoms with E-state index in [1.54, 1.807) is 0 Å². The number of hydrogen-bond donors (Lipinski definition) is 2. The van der Waals surface area contributed by atoms with Gasteiger partial charge in [-0.05, 0) is 54.2 Å². The molecule has 0 saturated carbocycles. The number of carbonyl (C=O) groups excluding carboxylic acids is 1. The van der Waals surface area contributed by atoms with Gasteiger partial charge in [-0.2, -0.15) is 0 Å². The van der Waals surface area contributed by atoms with Gasteiger partial charge in [-0.15, -0.1) is 0 Å². The Labute approximate surface area is 267 Å². The highest BCUT2D eigenvalue weighted by atomic mass is 35.5. The number of aromatic nitrogens is 4. The predicted molar refractivity (Wildman–Crippen MR) is 175 cm³/mol. The highest BCUT2D eigenvalue weighted by Crippen LogP contribution is 2.33. The van der Waals surface area contributed by atoms with Crippen LogP contribution in [-0.2, 0) is 33.1 Å². The zero-order valence-corrected chi connectivity index (χ0v) is 26.2. The molecule has 0 saturated heterocycles. The van der Waals surface area contributed by atoms with E-state index in [0.717, 1.165) is 61.3 Å². The van der Waals surface area contributed by atoms with E-state index >= 15 is 0 Å². The summed E-state index contributed by atoms with van der Waals surface area (Å²) in [6, 6.07) is 21.0. The van der Waals surface area contributed by atoms with Gasteiger partial charge in [0.1, 0.15) is 5.82 Å². The van der Waals surface area contributed by atoms with Crippen molar-refractivity contribution >= 4 is 40.1 Å². The summed E-state index contributed by atoms with van der Waals surface area (Å²) in [4.78, 5) is 28.9. The van der Waals surface area contributed by atoms with E-state index < -0.39 is 0 Å². The number of benzene rings is 2. The molecule has 0 radical (unpaired) electrons. The highest BCUT2D eigenvalue weighted by Gasteiger charge is 2.27. The van der Waals surface area contributed by atoms with Crippen molar-refractivity contribution in [3.8, 4) is 0 Å². The lowest BCUT2D eigenvalue weighted by atomic mass is 9.90. The molecule has 0 fully saturated rings. The Morgan fingerprint density at radius 3 is 2.68 bits per heavy atom. The molecule has 44 heavy (non-hydrogen) atoms. The number of nitrogens with zero attached hydrogens (tertiary/aromatic N) is 5. The second-order valence-corrected chi connectivity index (χ2v) is 12.0. The number of imidazole rings is 1. The Kier molecular flexibility index (Phi) is 9.52. The molecule has 10 heteroatoms. The van der Waals surface area contributed by atoms with E-state index in [4.69, 9.17) is 33.2 Å². The molecule has 0 aliphatic heterocycles. The SMILES string of the molecule is Cn1c(CNCCN(Cc2cccc(CNC(=O)c3c(Cl)cncc3Cl)c2)C2CCCc3cccnc32)nc2ccccc21. The van der Waals surface area contributed by atoms with Crippen LogP contribution in [0.3, 0.4) is 0 Å². The highest BCUT2D eigenvalue weighted by molar-refractivity contribution is 6.39. The predicted octanol–water partition coefficient (Wildman–Crippen LogP) is 6.27. The number of halogens is 2. The largest absolute Gasteiger partial charge is 0.348 e. The summed E-state index contributed by atoms with van der Waals surface area (Å²) in [6.45, 7) is 3.47. The van der Waals surface area contributed by atoms with Crippen LogP contribution in [0.25, 0.3) is 11.0 Å². The van der Waals surface area contributed by atoms with Crippen LogP contribution in [0.2, 0.25) is 10.0 Å². The molecule has 1 atom stereocenters. The van der Waals surface area contributed by atoms with E-state index in [0.29, 0.717) is 13.1 Å². The van der Waals surface area contributed by atoms with Crippen LogP contribution in [0.1, 0.15) is 57.5 Å². The molecule has 1 aliphatic rings. The number of rotatable bonds is 11. The molecule has 3 aromatic heterocycles. The summed E-state index contributed by atoms with van der Waals surface area (Å²) in [5.41, 5.74) is 7.09. The van der Waals surface area contributed by atoms with Gasteiger partial charge in [-0.1, -0.05) is 65.7 Å². The van der Waals surface area contributed by atoms with Gasteiger partial charge in [0, 0.05) is 51.8 Å². The van der Waals surface area contributed by atoms with Gasteiger partial charge in [0.2, 0.25) is 0 Å². The summed E-state index contributed by atoms with van der Waals surface area (Å²) in [6.07, 6.45) is 8.02. The number of pyridine rings is 2. The van der Waals surface area contributed by atoms with Crippen molar-refractivity contribution in [2.45, 2.75) is 44.9 Å². The van der Waals surface area contributed by atoms with Crippen molar-refractivity contribution in [1.82, 2.24) is 35.1 Å². The van der Waals surface area contributed by atoms with Gasteiger partial charge in [-0.25, -0.2) is 4.98 Å². The molecule has 0 bridgehead atoms. The number of hydrogen-bond acceptors (Lipinski definition) is 6. The summed E-state index contributed by atoms with van der Waals surface area (Å²) < 4.78 is 2.16. The van der Waals surface area contributed by atoms with Gasteiger partial charge >= 0.3 is 0 Å². The van der Waals surface area contributed by atoms with Crippen molar-refractivity contribution < 1.29 is 4.79 Å². The summed E-state index contributed by atoms with van der Waals surface area (Å²) >= 11 is 12.4. The standard InChI is InChI=1S/C34H35Cl2N7O/c1-42-29-12-3-2-11-28(29)41-31(42)21-37-15-16-43(30-13-5-9-25-10-6-14-39-33(25)30)22-24-8-4-7-23(17-24)18-40-34(44)32-26(35)19-38-20-27(32)36/h2-4,6-8,10-12,14,17,19-20,30,37H,5,9,13,15-16,18,21-22H2,1H3,(H,40,44). The lowest BCUT2D eigenvalue weighted by Crippen LogP contribution is -2.37. The van der Waals surface area contributed by atoms with E-state index in [1.165, 1.54) is 29.2 Å². The van der Waals surface area contributed by atoms with Crippen molar-refractivity contribution in [2.24, 2.45) is 7.05 Å². The van der Waals surface area contributed by atoms with Crippen LogP contribution in [0.5, 0.6) is 0 Å². The number of nitrogens with one attached hydrogen (secondary N) is 2. The van der Waals surface area contributed by atoms with Gasteiger partial charge in [0.15, 0.2) is 0 Å². The van der Waals surface area contributed by atoms with Gasteiger partial charge in [0.05, 0.1) is 44.9 Å². The van der Waals surface area contributed by atoms with Crippen LogP contribution in [0, 0.1) is 0 Å². The van der Waals surface area contributed by atoms with E-state index in [9.17, 15) is 4.79 Å². The number of para-hydroxylation sites is 2. The topological polar surface area (TPSA) is 88.0 Å². The minimum absolute atomic E-state index is 0.227. The Morgan fingerprint density at radius 1 is 1.02 bits per heavy atom. The third kappa shape index (κ3) is 6.79. The molecular weight excluding hydrogens is 593 g/mol. The zero-order chi connectivity index (χ0) is 30.5. The molecule has 226 valence electrons. The van der Waals surface area contributed by atoms with Gasteiger partial charge in [0.25, 0.3) is 5.91 Å². The molecule has 1 aliphatic carbocycles. The molecular formula is C34H35Cl2N7O. The zero-order valence-electron chi connectivity index (χ0n) is 24.6. The molecule has 8 nitrogen and oxygen atoms in total. The number of amides is 1. The van der Waals surface area contributed by atoms with Gasteiger partial charge in [-0.3, -0.25) is 19.7 Å². The Hall–Kier alpha value is -3.82. The molecule has 1 unspecified atom stereocenters. The fraction of sp³-hybridized carbons (Fsp3) is 0.294. The summed E-state index contributed by atoms with van der Waals surface area (Å²) in [5, 5.41) is 7.04. The fourth-order valence-corrected chi connectivity index (χ4v) is 6.57. The molecule has 6 rings (SSSR count). The third-order valence-electron chi connectivity index (χ3n) is 8.26. The third-order valence-corrected chi connectivity index (χ3v) is 8.83. The lowest BCUT2D eigenvalue weighted by molar-refractivity contribution is 0.0951. The quantitative estimate of drug-likeness (QED) is 0.168. The summed E-state index contributed by atoms with van der Waals surface area (Å²) in [5.74, 6) is 0.692. The number of aryl methyl sites for hydroxylation is 2. The van der Waals surface area contributed by atoms with E-state index in [-0.39, 0.29) is 27.6 Å². The Morgan fingerprint density at radius 2 is 1.84 bits per heavy atom. The van der Waals surface area contributed by atoms with Crippen LogP contribution < -0.4 is 10.6 Å². The van der Waals surface area contributed by atoms with Crippen molar-refractivity contribution in [3.63, 3.8) is 0 Å². The first-order chi connectivity index (χ1) is 21.5.